The molecule has 0 radical (unpaired) electrons. The third kappa shape index (κ3) is 6.40. The van der Waals surface area contributed by atoms with Crippen molar-refractivity contribution in [1.82, 2.24) is 15.1 Å². The predicted octanol–water partition coefficient (Wildman–Crippen LogP) is 4.26. The van der Waals surface area contributed by atoms with Crippen LogP contribution in [-0.4, -0.2) is 65.0 Å². The Kier molecular flexibility index (Phi) is 8.07. The number of likely N-dealkylation sites (tertiary alicyclic amines) is 2. The molecule has 0 bridgehead atoms. The average Bonchev–Trinajstić information content (AvgIpc) is 2.73. The number of hydrogen-bond acceptors (Lipinski definition) is 5. The highest BCUT2D eigenvalue weighted by atomic mass is 35.5. The highest BCUT2D eigenvalue weighted by Crippen LogP contribution is 2.34. The Hall–Kier alpha value is -2.81. The highest BCUT2D eigenvalue weighted by Gasteiger charge is 2.41. The first kappa shape index (κ1) is 25.8. The maximum absolute atomic E-state index is 13.1. The van der Waals surface area contributed by atoms with Crippen molar-refractivity contribution in [3.8, 4) is 0 Å². The van der Waals surface area contributed by atoms with Crippen LogP contribution in [0.15, 0.2) is 18.2 Å². The van der Waals surface area contributed by atoms with E-state index in [0.29, 0.717) is 31.1 Å². The van der Waals surface area contributed by atoms with Crippen molar-refractivity contribution in [2.45, 2.75) is 65.0 Å². The van der Waals surface area contributed by atoms with E-state index < -0.39 is 17.5 Å². The molecule has 9 nitrogen and oxygen atoms in total. The molecule has 1 aromatic rings. The van der Waals surface area contributed by atoms with Gasteiger partial charge in [-0.1, -0.05) is 18.5 Å². The standard InChI is InChI=1S/C24H33ClN4O5/c1-5-20(30)27-22(32)26-18-14-16(6-7-17(18)25)21(31)28-11-8-15(9-12-28)19-10-13-29(19)23(33)34-24(2,3)4/h6-7,14-15,19H,5,8-13H2,1-4H3,(H2,26,27,30,32). The molecule has 2 N–H and O–H groups in total. The zero-order valence-electron chi connectivity index (χ0n) is 20.2. The number of halogens is 1. The molecule has 1 aromatic carbocycles. The molecule has 0 saturated carbocycles. The number of benzene rings is 1. The van der Waals surface area contributed by atoms with Gasteiger partial charge in [0.25, 0.3) is 5.91 Å². The molecule has 2 saturated heterocycles. The Morgan fingerprint density at radius 3 is 2.32 bits per heavy atom. The Labute approximate surface area is 205 Å². The summed E-state index contributed by atoms with van der Waals surface area (Å²) in [6.07, 6.45) is 2.46. The number of nitrogens with one attached hydrogen (secondary N) is 2. The van der Waals surface area contributed by atoms with E-state index >= 15 is 0 Å². The van der Waals surface area contributed by atoms with Gasteiger partial charge in [-0.15, -0.1) is 0 Å². The molecule has 2 aliphatic heterocycles. The lowest BCUT2D eigenvalue weighted by molar-refractivity contribution is -0.119. The summed E-state index contributed by atoms with van der Waals surface area (Å²) in [6.45, 7) is 9.09. The molecular weight excluding hydrogens is 460 g/mol. The minimum absolute atomic E-state index is 0.152. The number of ether oxygens (including phenoxy) is 1. The number of carbonyl (C=O) groups excluding carboxylic acids is 4. The van der Waals surface area contributed by atoms with Crippen molar-refractivity contribution >= 4 is 41.2 Å². The SMILES string of the molecule is CCC(=O)NC(=O)Nc1cc(C(=O)N2CCC(C3CCN3C(=O)OC(C)(C)C)CC2)ccc1Cl. The quantitative estimate of drug-likeness (QED) is 0.652. The zero-order valence-corrected chi connectivity index (χ0v) is 20.9. The monoisotopic (exact) mass is 492 g/mol. The van der Waals surface area contributed by atoms with Gasteiger partial charge in [0.1, 0.15) is 5.60 Å². The van der Waals surface area contributed by atoms with E-state index in [-0.39, 0.29) is 35.2 Å². The van der Waals surface area contributed by atoms with Crippen molar-refractivity contribution < 1.29 is 23.9 Å². The lowest BCUT2D eigenvalue weighted by atomic mass is 9.82. The fourth-order valence-electron chi connectivity index (χ4n) is 4.24. The molecule has 2 heterocycles. The van der Waals surface area contributed by atoms with Gasteiger partial charge >= 0.3 is 12.1 Å². The molecule has 1 unspecified atom stereocenters. The van der Waals surface area contributed by atoms with Crippen molar-refractivity contribution in [2.75, 3.05) is 25.0 Å². The summed E-state index contributed by atoms with van der Waals surface area (Å²) >= 11 is 6.16. The molecule has 1 atom stereocenters. The van der Waals surface area contributed by atoms with E-state index in [1.807, 2.05) is 20.8 Å². The Balaban J connectivity index is 1.57. The van der Waals surface area contributed by atoms with Gasteiger partial charge in [0.05, 0.1) is 10.7 Å². The van der Waals surface area contributed by atoms with Crippen LogP contribution in [0.1, 0.15) is 63.7 Å². The number of hydrogen-bond donors (Lipinski definition) is 2. The smallest absolute Gasteiger partial charge is 0.410 e. The lowest BCUT2D eigenvalue weighted by Gasteiger charge is -2.47. The number of rotatable bonds is 4. The summed E-state index contributed by atoms with van der Waals surface area (Å²) in [5.74, 6) is -0.242. The average molecular weight is 493 g/mol. The van der Waals surface area contributed by atoms with E-state index in [9.17, 15) is 19.2 Å². The van der Waals surface area contributed by atoms with E-state index in [1.165, 1.54) is 6.07 Å². The number of anilines is 1. The van der Waals surface area contributed by atoms with Crippen molar-refractivity contribution in [1.29, 1.82) is 0 Å². The Morgan fingerprint density at radius 2 is 1.76 bits per heavy atom. The number of amides is 5. The van der Waals surface area contributed by atoms with Crippen molar-refractivity contribution in [3.63, 3.8) is 0 Å². The first-order chi connectivity index (χ1) is 16.0. The van der Waals surface area contributed by atoms with Gasteiger partial charge in [-0.3, -0.25) is 14.9 Å². The molecule has 0 spiro atoms. The van der Waals surface area contributed by atoms with Crippen LogP contribution in [0, 0.1) is 5.92 Å². The number of urea groups is 1. The van der Waals surface area contributed by atoms with E-state index in [1.54, 1.807) is 28.9 Å². The van der Waals surface area contributed by atoms with Gasteiger partial charge in [-0.2, -0.15) is 0 Å². The van der Waals surface area contributed by atoms with Gasteiger partial charge in [0.15, 0.2) is 0 Å². The molecule has 2 aliphatic rings. The van der Waals surface area contributed by atoms with Crippen LogP contribution in [0.4, 0.5) is 15.3 Å². The summed E-state index contributed by atoms with van der Waals surface area (Å²) in [5.41, 5.74) is 0.135. The van der Waals surface area contributed by atoms with Gasteiger partial charge in [-0.25, -0.2) is 9.59 Å². The van der Waals surface area contributed by atoms with Crippen LogP contribution in [-0.2, 0) is 9.53 Å². The number of nitrogens with zero attached hydrogens (tertiary/aromatic N) is 2. The molecule has 0 aromatic heterocycles. The third-order valence-electron chi connectivity index (χ3n) is 6.10. The molecule has 0 aliphatic carbocycles. The minimum atomic E-state index is -0.700. The molecule has 2 fully saturated rings. The largest absolute Gasteiger partial charge is 0.444 e. The molecule has 5 amide bonds. The van der Waals surface area contributed by atoms with Gasteiger partial charge in [-0.05, 0) is 64.2 Å². The summed E-state index contributed by atoms with van der Waals surface area (Å²) in [4.78, 5) is 52.5. The fourth-order valence-corrected chi connectivity index (χ4v) is 4.40. The molecule has 3 rings (SSSR count). The second-order valence-corrected chi connectivity index (χ2v) is 10.1. The van der Waals surface area contributed by atoms with E-state index in [0.717, 1.165) is 19.3 Å². The maximum atomic E-state index is 13.1. The Bertz CT molecular complexity index is 953. The summed E-state index contributed by atoms with van der Waals surface area (Å²) < 4.78 is 5.51. The second kappa shape index (κ2) is 10.6. The third-order valence-corrected chi connectivity index (χ3v) is 6.43. The van der Waals surface area contributed by atoms with Crippen LogP contribution in [0.3, 0.4) is 0 Å². The lowest BCUT2D eigenvalue weighted by Crippen LogP contribution is -2.57. The van der Waals surface area contributed by atoms with Crippen LogP contribution >= 0.6 is 11.6 Å². The summed E-state index contributed by atoms with van der Waals surface area (Å²) in [7, 11) is 0. The van der Waals surface area contributed by atoms with E-state index in [4.69, 9.17) is 16.3 Å². The minimum Gasteiger partial charge on any atom is -0.444 e. The number of imide groups is 1. The normalized spacial score (nSPS) is 18.7. The highest BCUT2D eigenvalue weighted by molar-refractivity contribution is 6.34. The molecule has 10 heteroatoms. The topological polar surface area (TPSA) is 108 Å². The number of piperidine rings is 1. The fraction of sp³-hybridized carbons (Fsp3) is 0.583. The predicted molar refractivity (Wildman–Crippen MR) is 129 cm³/mol. The summed E-state index contributed by atoms with van der Waals surface area (Å²) in [6, 6.07) is 4.14. The second-order valence-electron chi connectivity index (χ2n) is 9.71. The molecule has 34 heavy (non-hydrogen) atoms. The Morgan fingerprint density at radius 1 is 1.09 bits per heavy atom. The van der Waals surface area contributed by atoms with Crippen molar-refractivity contribution in [2.24, 2.45) is 5.92 Å². The van der Waals surface area contributed by atoms with Gasteiger partial charge < -0.3 is 19.9 Å². The van der Waals surface area contributed by atoms with Crippen molar-refractivity contribution in [3.05, 3.63) is 28.8 Å². The van der Waals surface area contributed by atoms with Gasteiger partial charge in [0, 0.05) is 37.7 Å². The maximum Gasteiger partial charge on any atom is 0.410 e. The first-order valence-corrected chi connectivity index (χ1v) is 12.1. The number of carbonyl (C=O) groups is 4. The van der Waals surface area contributed by atoms with Crippen LogP contribution in [0.5, 0.6) is 0 Å². The van der Waals surface area contributed by atoms with Crippen LogP contribution < -0.4 is 10.6 Å². The zero-order chi connectivity index (χ0) is 25.0. The van der Waals surface area contributed by atoms with Crippen LogP contribution in [0.2, 0.25) is 5.02 Å². The molecular formula is C24H33ClN4O5. The first-order valence-electron chi connectivity index (χ1n) is 11.7. The van der Waals surface area contributed by atoms with E-state index in [2.05, 4.69) is 10.6 Å². The molecule has 186 valence electrons. The summed E-state index contributed by atoms with van der Waals surface area (Å²) in [5, 5.41) is 4.97. The van der Waals surface area contributed by atoms with Gasteiger partial charge in [0.2, 0.25) is 5.91 Å². The van der Waals surface area contributed by atoms with Crippen LogP contribution in [0.25, 0.3) is 0 Å².